The van der Waals surface area contributed by atoms with E-state index in [0.29, 0.717) is 0 Å². The van der Waals surface area contributed by atoms with Gasteiger partial charge in [-0.1, -0.05) is 0 Å². The summed E-state index contributed by atoms with van der Waals surface area (Å²) in [5.74, 6) is 0. The Kier molecular flexibility index (Phi) is 17.8. The van der Waals surface area contributed by atoms with Crippen LogP contribution in [0.4, 0.5) is 0 Å². The first-order valence-electron chi connectivity index (χ1n) is 17.5. The van der Waals surface area contributed by atoms with Crippen LogP contribution in [0, 0.1) is 0 Å². The molecule has 330 valence electrons. The molecule has 4 aliphatic rings. The van der Waals surface area contributed by atoms with Crippen molar-refractivity contribution in [3.8, 4) is 0 Å². The summed E-state index contributed by atoms with van der Waals surface area (Å²) in [6, 6.07) is 0. The molecule has 0 aromatic heterocycles. The molecule has 4 heterocycles. The van der Waals surface area contributed by atoms with Crippen molar-refractivity contribution in [1.82, 2.24) is 0 Å². The van der Waals surface area contributed by atoms with Crippen LogP contribution in [0.3, 0.4) is 0 Å². The number of hydrogen-bond donors (Lipinski definition) is 18. The summed E-state index contributed by atoms with van der Waals surface area (Å²) in [5.41, 5.74) is 0. The van der Waals surface area contributed by atoms with Crippen LogP contribution in [-0.4, -0.2) is 279 Å². The van der Waals surface area contributed by atoms with Gasteiger partial charge in [-0.15, -0.1) is 0 Å². The lowest BCUT2D eigenvalue weighted by Crippen LogP contribution is -2.67. The molecular weight excluding hydrogens is 776 g/mol. The quantitative estimate of drug-likeness (QED) is 0.0647. The van der Waals surface area contributed by atoms with E-state index < -0.39 is 187 Å². The predicted molar refractivity (Wildman–Crippen MR) is 169 cm³/mol. The molecule has 0 radical (unpaired) electrons. The van der Waals surface area contributed by atoms with Gasteiger partial charge in [-0.05, 0) is 0 Å². The monoisotopic (exact) mass is 830 g/mol. The van der Waals surface area contributed by atoms with E-state index in [1.54, 1.807) is 0 Å². The van der Waals surface area contributed by atoms with Gasteiger partial charge in [-0.3, -0.25) is 0 Å². The Morgan fingerprint density at radius 1 is 0.375 bits per heavy atom. The van der Waals surface area contributed by atoms with Crippen LogP contribution >= 0.6 is 0 Å². The van der Waals surface area contributed by atoms with Gasteiger partial charge in [0.25, 0.3) is 0 Å². The maximum atomic E-state index is 11.1. The molecular formula is C30H54O26. The summed E-state index contributed by atoms with van der Waals surface area (Å²) in [4.78, 5) is 0. The third kappa shape index (κ3) is 10.1. The van der Waals surface area contributed by atoms with E-state index in [1.165, 1.54) is 0 Å². The van der Waals surface area contributed by atoms with Crippen LogP contribution in [0.2, 0.25) is 0 Å². The van der Waals surface area contributed by atoms with E-state index in [1.807, 2.05) is 0 Å². The van der Waals surface area contributed by atoms with Gasteiger partial charge in [0.15, 0.2) is 25.2 Å². The second-order valence-electron chi connectivity index (χ2n) is 13.7. The highest BCUT2D eigenvalue weighted by molar-refractivity contribution is 4.98. The van der Waals surface area contributed by atoms with E-state index in [4.69, 9.17) is 43.0 Å². The summed E-state index contributed by atoms with van der Waals surface area (Å²) in [7, 11) is 0. The van der Waals surface area contributed by atoms with Crippen LogP contribution in [0.15, 0.2) is 0 Å². The van der Waals surface area contributed by atoms with Crippen molar-refractivity contribution in [2.75, 3.05) is 39.6 Å². The number of aliphatic hydroxyl groups is 18. The average molecular weight is 831 g/mol. The zero-order chi connectivity index (χ0) is 41.8. The lowest BCUT2D eigenvalue weighted by atomic mass is 9.95. The molecule has 0 spiro atoms. The summed E-state index contributed by atoms with van der Waals surface area (Å²) in [6.45, 7) is -5.79. The molecule has 0 aliphatic carbocycles. The highest BCUT2D eigenvalue weighted by Crippen LogP contribution is 2.35. The molecule has 4 saturated heterocycles. The fraction of sp³-hybridized carbons (Fsp3) is 1.00. The third-order valence-electron chi connectivity index (χ3n) is 9.96. The zero-order valence-corrected chi connectivity index (χ0v) is 29.4. The Labute approximate surface area is 317 Å². The highest BCUT2D eigenvalue weighted by Gasteiger charge is 2.55. The molecule has 0 bridgehead atoms. The molecule has 26 heteroatoms. The summed E-state index contributed by atoms with van der Waals surface area (Å²) in [5, 5.41) is 184. The molecule has 0 amide bonds. The fourth-order valence-corrected chi connectivity index (χ4v) is 6.63. The fourth-order valence-electron chi connectivity index (χ4n) is 6.63. The Morgan fingerprint density at radius 3 is 1.05 bits per heavy atom. The minimum absolute atomic E-state index is 0.816. The lowest BCUT2D eigenvalue weighted by Gasteiger charge is -2.49. The van der Waals surface area contributed by atoms with Crippen LogP contribution in [-0.2, 0) is 37.9 Å². The van der Waals surface area contributed by atoms with Gasteiger partial charge >= 0.3 is 0 Å². The average Bonchev–Trinajstić information content (AvgIpc) is 3.20. The number of hydrogen-bond acceptors (Lipinski definition) is 26. The summed E-state index contributed by atoms with van der Waals surface area (Å²) < 4.78 is 43.8. The standard InChI is InChI=1S/C30H54O26/c31-1-7(37)13(39)23(8(38)2-32)53-28-20(46)16(42)25(10(4-34)50-28)55-30-22(48)18(44)26(12(6-36)52-30)56-29-21(47)17(43)24(11(5-35)51-29)54-27-19(45)15(41)14(40)9(3-33)49-27/h7-48H,1-6H2/t7-,8+,9+,10+,11+,12+,13+,14-,15-,16+,17+,18+,19+,20+,21+,22+,23-,24-,25-,26-,27+,28+,29+,30+/m0/s1. The van der Waals surface area contributed by atoms with Gasteiger partial charge in [0.1, 0.15) is 122 Å². The molecule has 4 fully saturated rings. The predicted octanol–water partition coefficient (Wildman–Crippen LogP) is -12.3. The number of ether oxygens (including phenoxy) is 8. The Hall–Kier alpha value is -1.04. The van der Waals surface area contributed by atoms with E-state index in [0.717, 1.165) is 0 Å². The number of aliphatic hydroxyl groups excluding tert-OH is 18. The minimum Gasteiger partial charge on any atom is -0.394 e. The highest BCUT2D eigenvalue weighted by atomic mass is 16.8. The maximum absolute atomic E-state index is 11.1. The van der Waals surface area contributed by atoms with Gasteiger partial charge in [0.05, 0.1) is 39.6 Å². The van der Waals surface area contributed by atoms with Crippen LogP contribution in [0.25, 0.3) is 0 Å². The van der Waals surface area contributed by atoms with E-state index >= 15 is 0 Å². The molecule has 18 N–H and O–H groups in total. The topological polar surface area (TPSA) is 438 Å². The van der Waals surface area contributed by atoms with Gasteiger partial charge in [-0.25, -0.2) is 0 Å². The smallest absolute Gasteiger partial charge is 0.187 e. The molecule has 0 aromatic rings. The van der Waals surface area contributed by atoms with Gasteiger partial charge in [0.2, 0.25) is 0 Å². The Bertz CT molecular complexity index is 1150. The first-order valence-corrected chi connectivity index (χ1v) is 17.5. The van der Waals surface area contributed by atoms with E-state index in [-0.39, 0.29) is 0 Å². The van der Waals surface area contributed by atoms with Crippen LogP contribution in [0.1, 0.15) is 0 Å². The van der Waals surface area contributed by atoms with Crippen molar-refractivity contribution in [2.24, 2.45) is 0 Å². The van der Waals surface area contributed by atoms with Crippen LogP contribution in [0.5, 0.6) is 0 Å². The molecule has 0 unspecified atom stereocenters. The normalized spacial score (nSPS) is 47.2. The molecule has 26 nitrogen and oxygen atoms in total. The second kappa shape index (κ2) is 21.0. The lowest BCUT2D eigenvalue weighted by molar-refractivity contribution is -0.390. The largest absolute Gasteiger partial charge is 0.394 e. The van der Waals surface area contributed by atoms with Crippen molar-refractivity contribution < 1.29 is 130 Å². The molecule has 4 rings (SSSR count). The Morgan fingerprint density at radius 2 is 0.696 bits per heavy atom. The zero-order valence-electron chi connectivity index (χ0n) is 29.4. The minimum atomic E-state index is -2.14. The van der Waals surface area contributed by atoms with E-state index in [9.17, 15) is 86.8 Å². The molecule has 0 saturated carbocycles. The molecule has 0 aromatic carbocycles. The van der Waals surface area contributed by atoms with Crippen molar-refractivity contribution in [1.29, 1.82) is 0 Å². The second-order valence-corrected chi connectivity index (χ2v) is 13.7. The summed E-state index contributed by atoms with van der Waals surface area (Å²) >= 11 is 0. The van der Waals surface area contributed by atoms with Crippen LogP contribution < -0.4 is 0 Å². The number of rotatable bonds is 17. The third-order valence-corrected chi connectivity index (χ3v) is 9.96. The first kappa shape index (κ1) is 47.6. The van der Waals surface area contributed by atoms with Gasteiger partial charge in [-0.2, -0.15) is 0 Å². The van der Waals surface area contributed by atoms with Crippen molar-refractivity contribution in [2.45, 2.75) is 147 Å². The molecule has 4 aliphatic heterocycles. The van der Waals surface area contributed by atoms with Gasteiger partial charge < -0.3 is 130 Å². The van der Waals surface area contributed by atoms with Crippen molar-refractivity contribution in [3.63, 3.8) is 0 Å². The van der Waals surface area contributed by atoms with E-state index in [2.05, 4.69) is 0 Å². The first-order chi connectivity index (χ1) is 26.5. The Balaban J connectivity index is 1.43. The maximum Gasteiger partial charge on any atom is 0.187 e. The van der Waals surface area contributed by atoms with Gasteiger partial charge in [0, 0.05) is 0 Å². The summed E-state index contributed by atoms with van der Waals surface area (Å²) in [6.07, 6.45) is -45.3. The molecule has 56 heavy (non-hydrogen) atoms. The van der Waals surface area contributed by atoms with Crippen molar-refractivity contribution >= 4 is 0 Å². The molecule has 24 atom stereocenters. The van der Waals surface area contributed by atoms with Crippen molar-refractivity contribution in [3.05, 3.63) is 0 Å². The SMILES string of the molecule is OC[C@@H](O)[C@H](O[C@H]1O[C@H](CO)[C@H](O[C@H]2O[C@H](CO)[C@H](O[C@H]3O[C@H](CO)[C@H](O[C@H]4O[C@H](CO)[C@H](O)[C@H](O)[C@H]4O)[C@H](O)[C@H]3O)[C@H](O)[C@H]2O)[C@H](O)[C@H]1O)[C@H](O)[C@@H](O)CO.